The predicted molar refractivity (Wildman–Crippen MR) is 85.3 cm³/mol. The average molecular weight is 300 g/mol. The lowest BCUT2D eigenvalue weighted by molar-refractivity contribution is 0.125. The number of thiazole rings is 1. The molecule has 1 aromatic carbocycles. The highest BCUT2D eigenvalue weighted by molar-refractivity contribution is 7.13. The number of nitrogens with zero attached hydrogens (tertiary/aromatic N) is 3. The van der Waals surface area contributed by atoms with Crippen molar-refractivity contribution in [1.82, 2.24) is 15.0 Å². The second-order valence-electron chi connectivity index (χ2n) is 5.54. The summed E-state index contributed by atoms with van der Waals surface area (Å²) in [5, 5.41) is 5.84. The number of aromatic nitrogens is 3. The Hall–Kier alpha value is -2.21. The Morgan fingerprint density at radius 2 is 1.81 bits per heavy atom. The van der Waals surface area contributed by atoms with Crippen LogP contribution in [0.2, 0.25) is 0 Å². The van der Waals surface area contributed by atoms with E-state index in [1.54, 1.807) is 6.20 Å². The smallest absolute Gasteiger partial charge is 0.259 e. The molecule has 0 atom stereocenters. The summed E-state index contributed by atoms with van der Waals surface area (Å²) in [6, 6.07) is 7.72. The molecule has 5 nitrogen and oxygen atoms in total. The number of ether oxygens (including phenoxy) is 1. The lowest BCUT2D eigenvalue weighted by Crippen LogP contribution is -2.24. The van der Waals surface area contributed by atoms with Gasteiger partial charge in [-0.15, -0.1) is 11.3 Å². The first-order valence-corrected chi connectivity index (χ1v) is 7.51. The van der Waals surface area contributed by atoms with E-state index in [4.69, 9.17) is 4.74 Å². The Labute approximate surface area is 127 Å². The van der Waals surface area contributed by atoms with E-state index in [-0.39, 0.29) is 5.60 Å². The van der Waals surface area contributed by atoms with Gasteiger partial charge in [0.2, 0.25) is 0 Å². The minimum atomic E-state index is -0.351. The van der Waals surface area contributed by atoms with Crippen LogP contribution < -0.4 is 10.1 Å². The maximum Gasteiger partial charge on any atom is 0.259 e. The molecule has 0 aliphatic rings. The van der Waals surface area contributed by atoms with Crippen molar-refractivity contribution in [2.75, 3.05) is 5.32 Å². The minimum Gasteiger partial charge on any atom is -0.469 e. The molecular weight excluding hydrogens is 284 g/mol. The lowest BCUT2D eigenvalue weighted by Gasteiger charge is -2.22. The van der Waals surface area contributed by atoms with E-state index < -0.39 is 0 Å². The van der Waals surface area contributed by atoms with Crippen LogP contribution in [-0.2, 0) is 0 Å². The van der Waals surface area contributed by atoms with Crippen LogP contribution in [0, 0.1) is 0 Å². The Morgan fingerprint density at radius 1 is 1.10 bits per heavy atom. The van der Waals surface area contributed by atoms with Gasteiger partial charge in [0.05, 0.1) is 11.0 Å². The fraction of sp³-hybridized carbons (Fsp3) is 0.267. The summed E-state index contributed by atoms with van der Waals surface area (Å²) >= 11 is 1.50. The summed E-state index contributed by atoms with van der Waals surface area (Å²) in [6.07, 6.45) is 1.74. The monoisotopic (exact) mass is 300 g/mol. The molecule has 1 N–H and O–H groups in total. The van der Waals surface area contributed by atoms with Crippen molar-refractivity contribution in [3.05, 3.63) is 35.8 Å². The normalized spacial score (nSPS) is 11.6. The van der Waals surface area contributed by atoms with Gasteiger partial charge in [-0.25, -0.2) is 15.0 Å². The van der Waals surface area contributed by atoms with Gasteiger partial charge in [0, 0.05) is 11.6 Å². The van der Waals surface area contributed by atoms with E-state index in [0.717, 1.165) is 16.2 Å². The van der Waals surface area contributed by atoms with Crippen molar-refractivity contribution in [2.24, 2.45) is 0 Å². The number of para-hydroxylation sites is 2. The molecule has 108 valence electrons. The van der Waals surface area contributed by atoms with E-state index in [2.05, 4.69) is 20.3 Å². The Bertz CT molecular complexity index is 750. The number of fused-ring (bicyclic) bond motifs is 1. The highest BCUT2D eigenvalue weighted by Gasteiger charge is 2.18. The van der Waals surface area contributed by atoms with Crippen LogP contribution in [0.15, 0.2) is 35.8 Å². The maximum absolute atomic E-state index is 5.93. The van der Waals surface area contributed by atoms with Gasteiger partial charge in [0.15, 0.2) is 10.9 Å². The summed E-state index contributed by atoms with van der Waals surface area (Å²) < 4.78 is 5.93. The van der Waals surface area contributed by atoms with Crippen molar-refractivity contribution in [3.63, 3.8) is 0 Å². The van der Waals surface area contributed by atoms with Crippen molar-refractivity contribution in [3.8, 4) is 5.88 Å². The van der Waals surface area contributed by atoms with Crippen LogP contribution in [0.3, 0.4) is 0 Å². The Kier molecular flexibility index (Phi) is 3.47. The quantitative estimate of drug-likeness (QED) is 0.792. The molecule has 21 heavy (non-hydrogen) atoms. The van der Waals surface area contributed by atoms with Gasteiger partial charge in [0.25, 0.3) is 5.88 Å². The largest absolute Gasteiger partial charge is 0.469 e. The molecule has 0 aliphatic heterocycles. The average Bonchev–Trinajstić information content (AvgIpc) is 2.90. The van der Waals surface area contributed by atoms with E-state index in [1.165, 1.54) is 11.3 Å². The molecule has 0 aliphatic carbocycles. The standard InChI is InChI=1S/C15H16N4OS/c1-15(2,3)20-13-12(19-14-16-8-9-21-14)17-10-6-4-5-7-11(10)18-13/h4-9H,1-3H3,(H,16,17,19). The topological polar surface area (TPSA) is 59.9 Å². The molecule has 0 unspecified atom stereocenters. The molecule has 0 fully saturated rings. The third-order valence-electron chi connectivity index (χ3n) is 2.60. The van der Waals surface area contributed by atoms with E-state index in [9.17, 15) is 0 Å². The molecule has 2 heterocycles. The molecule has 0 saturated heterocycles. The number of rotatable bonds is 3. The molecule has 0 amide bonds. The zero-order valence-electron chi connectivity index (χ0n) is 12.1. The second kappa shape index (κ2) is 5.29. The number of hydrogen-bond donors (Lipinski definition) is 1. The van der Waals surface area contributed by atoms with Crippen LogP contribution in [0.1, 0.15) is 20.8 Å². The number of anilines is 2. The van der Waals surface area contributed by atoms with Gasteiger partial charge in [0.1, 0.15) is 5.60 Å². The van der Waals surface area contributed by atoms with Gasteiger partial charge in [-0.1, -0.05) is 12.1 Å². The number of benzene rings is 1. The fourth-order valence-corrected chi connectivity index (χ4v) is 2.34. The van der Waals surface area contributed by atoms with E-state index in [1.807, 2.05) is 50.4 Å². The zero-order chi connectivity index (χ0) is 14.9. The van der Waals surface area contributed by atoms with Gasteiger partial charge in [-0.3, -0.25) is 0 Å². The molecule has 0 saturated carbocycles. The minimum absolute atomic E-state index is 0.351. The van der Waals surface area contributed by atoms with Crippen molar-refractivity contribution in [1.29, 1.82) is 0 Å². The van der Waals surface area contributed by atoms with Crippen LogP contribution in [-0.4, -0.2) is 20.6 Å². The van der Waals surface area contributed by atoms with Gasteiger partial charge < -0.3 is 10.1 Å². The van der Waals surface area contributed by atoms with Gasteiger partial charge >= 0.3 is 0 Å². The molecule has 3 aromatic rings. The van der Waals surface area contributed by atoms with E-state index >= 15 is 0 Å². The first-order valence-electron chi connectivity index (χ1n) is 6.63. The summed E-state index contributed by atoms with van der Waals surface area (Å²) in [5.74, 6) is 1.06. The molecule has 6 heteroatoms. The van der Waals surface area contributed by atoms with Crippen LogP contribution >= 0.6 is 11.3 Å². The summed E-state index contributed by atoms with van der Waals surface area (Å²) in [7, 11) is 0. The summed E-state index contributed by atoms with van der Waals surface area (Å²) in [4.78, 5) is 13.4. The second-order valence-corrected chi connectivity index (χ2v) is 6.44. The summed E-state index contributed by atoms with van der Waals surface area (Å²) in [6.45, 7) is 5.95. The number of nitrogens with one attached hydrogen (secondary N) is 1. The van der Waals surface area contributed by atoms with Crippen LogP contribution in [0.25, 0.3) is 11.0 Å². The number of hydrogen-bond acceptors (Lipinski definition) is 6. The predicted octanol–water partition coefficient (Wildman–Crippen LogP) is 4.01. The van der Waals surface area contributed by atoms with Gasteiger partial charge in [-0.2, -0.15) is 0 Å². The van der Waals surface area contributed by atoms with Crippen molar-refractivity contribution in [2.45, 2.75) is 26.4 Å². The molecule has 0 spiro atoms. The highest BCUT2D eigenvalue weighted by atomic mass is 32.1. The molecule has 3 rings (SSSR count). The van der Waals surface area contributed by atoms with Gasteiger partial charge in [-0.05, 0) is 32.9 Å². The third kappa shape index (κ3) is 3.28. The van der Waals surface area contributed by atoms with Crippen LogP contribution in [0.4, 0.5) is 10.9 Å². The Morgan fingerprint density at radius 3 is 2.43 bits per heavy atom. The first kappa shape index (κ1) is 13.8. The van der Waals surface area contributed by atoms with Crippen molar-refractivity contribution < 1.29 is 4.74 Å². The molecule has 0 radical (unpaired) electrons. The van der Waals surface area contributed by atoms with Crippen molar-refractivity contribution >= 4 is 33.3 Å². The third-order valence-corrected chi connectivity index (χ3v) is 3.29. The molecule has 2 aromatic heterocycles. The van der Waals surface area contributed by atoms with Crippen LogP contribution in [0.5, 0.6) is 5.88 Å². The Balaban J connectivity index is 2.07. The molecular formula is C15H16N4OS. The maximum atomic E-state index is 5.93. The van der Waals surface area contributed by atoms with E-state index in [0.29, 0.717) is 11.7 Å². The molecule has 0 bridgehead atoms. The fourth-order valence-electron chi connectivity index (χ4n) is 1.81. The summed E-state index contributed by atoms with van der Waals surface area (Å²) in [5.41, 5.74) is 1.27. The SMILES string of the molecule is CC(C)(C)Oc1nc2ccccc2nc1Nc1nccs1. The zero-order valence-corrected chi connectivity index (χ0v) is 12.9. The highest BCUT2D eigenvalue weighted by Crippen LogP contribution is 2.29. The first-order chi connectivity index (χ1) is 10.0. The lowest BCUT2D eigenvalue weighted by atomic mass is 10.2.